The molecular formula is C22H21Cl2N3O3. The highest BCUT2D eigenvalue weighted by Gasteiger charge is 2.15. The SMILES string of the molecule is CN(CC(=O)Nc1ccccc1C(=O)NCc1ccco1)Cc1cccc(Cl)c1Cl. The van der Waals surface area contributed by atoms with Crippen molar-refractivity contribution in [3.05, 3.63) is 87.8 Å². The number of likely N-dealkylation sites (N-methyl/N-ethyl adjacent to an activating group) is 1. The summed E-state index contributed by atoms with van der Waals surface area (Å²) in [6.45, 7) is 0.834. The van der Waals surface area contributed by atoms with Gasteiger partial charge >= 0.3 is 0 Å². The topological polar surface area (TPSA) is 74.6 Å². The van der Waals surface area contributed by atoms with Crippen molar-refractivity contribution in [1.29, 1.82) is 0 Å². The maximum Gasteiger partial charge on any atom is 0.253 e. The van der Waals surface area contributed by atoms with E-state index in [0.29, 0.717) is 33.6 Å². The number of hydrogen-bond donors (Lipinski definition) is 2. The van der Waals surface area contributed by atoms with Gasteiger partial charge in [0.25, 0.3) is 5.91 Å². The minimum atomic E-state index is -0.304. The Bertz CT molecular complexity index is 1020. The van der Waals surface area contributed by atoms with Gasteiger partial charge in [0.2, 0.25) is 5.91 Å². The first kappa shape index (κ1) is 21.9. The largest absolute Gasteiger partial charge is 0.467 e. The van der Waals surface area contributed by atoms with Crippen LogP contribution in [0.3, 0.4) is 0 Å². The Kier molecular flexibility index (Phi) is 7.52. The number of nitrogens with one attached hydrogen (secondary N) is 2. The summed E-state index contributed by atoms with van der Waals surface area (Å²) in [5.41, 5.74) is 1.64. The van der Waals surface area contributed by atoms with Crippen LogP contribution >= 0.6 is 23.2 Å². The van der Waals surface area contributed by atoms with E-state index in [-0.39, 0.29) is 24.9 Å². The van der Waals surface area contributed by atoms with Crippen LogP contribution < -0.4 is 10.6 Å². The Morgan fingerprint density at radius 2 is 1.83 bits per heavy atom. The lowest BCUT2D eigenvalue weighted by molar-refractivity contribution is -0.117. The lowest BCUT2D eigenvalue weighted by Crippen LogP contribution is -2.31. The van der Waals surface area contributed by atoms with Gasteiger partial charge in [0.1, 0.15) is 5.76 Å². The third-order valence-corrected chi connectivity index (χ3v) is 5.19. The zero-order valence-corrected chi connectivity index (χ0v) is 17.8. The van der Waals surface area contributed by atoms with Crippen LogP contribution in [0.2, 0.25) is 10.0 Å². The Labute approximate surface area is 184 Å². The normalized spacial score (nSPS) is 10.8. The van der Waals surface area contributed by atoms with Crippen molar-refractivity contribution in [3.8, 4) is 0 Å². The zero-order chi connectivity index (χ0) is 21.5. The number of hydrogen-bond acceptors (Lipinski definition) is 4. The first-order valence-corrected chi connectivity index (χ1v) is 10.0. The van der Waals surface area contributed by atoms with Crippen LogP contribution in [-0.2, 0) is 17.9 Å². The lowest BCUT2D eigenvalue weighted by atomic mass is 10.1. The van der Waals surface area contributed by atoms with Crippen LogP contribution in [0, 0.1) is 0 Å². The second-order valence-electron chi connectivity index (χ2n) is 6.74. The fourth-order valence-electron chi connectivity index (χ4n) is 2.92. The highest BCUT2D eigenvalue weighted by atomic mass is 35.5. The van der Waals surface area contributed by atoms with Gasteiger partial charge in [-0.25, -0.2) is 0 Å². The average molecular weight is 446 g/mol. The molecule has 0 bridgehead atoms. The number of para-hydroxylation sites is 1. The van der Waals surface area contributed by atoms with Crippen molar-refractivity contribution in [2.24, 2.45) is 0 Å². The van der Waals surface area contributed by atoms with E-state index in [4.69, 9.17) is 27.6 Å². The molecule has 0 saturated heterocycles. The zero-order valence-electron chi connectivity index (χ0n) is 16.3. The summed E-state index contributed by atoms with van der Waals surface area (Å²) in [7, 11) is 1.80. The van der Waals surface area contributed by atoms with Crippen LogP contribution in [0.1, 0.15) is 21.7 Å². The van der Waals surface area contributed by atoms with E-state index >= 15 is 0 Å². The van der Waals surface area contributed by atoms with E-state index in [9.17, 15) is 9.59 Å². The van der Waals surface area contributed by atoms with Gasteiger partial charge < -0.3 is 15.1 Å². The van der Waals surface area contributed by atoms with Crippen molar-refractivity contribution < 1.29 is 14.0 Å². The molecule has 0 aliphatic rings. The smallest absolute Gasteiger partial charge is 0.253 e. The number of carbonyl (C=O) groups is 2. The maximum atomic E-state index is 12.5. The number of benzene rings is 2. The molecule has 0 unspecified atom stereocenters. The van der Waals surface area contributed by atoms with Gasteiger partial charge in [0.15, 0.2) is 0 Å². The summed E-state index contributed by atoms with van der Waals surface area (Å²) < 4.78 is 5.22. The Balaban J connectivity index is 1.59. The van der Waals surface area contributed by atoms with Crippen LogP contribution in [0.5, 0.6) is 0 Å². The third kappa shape index (κ3) is 5.86. The minimum Gasteiger partial charge on any atom is -0.467 e. The standard InChI is InChI=1S/C22H21Cl2N3O3/c1-27(13-15-6-4-9-18(23)21(15)24)14-20(28)26-19-10-3-2-8-17(19)22(29)25-12-16-7-5-11-30-16/h2-11H,12-14H2,1H3,(H,25,29)(H,26,28). The Hall–Kier alpha value is -2.80. The van der Waals surface area contributed by atoms with Crippen molar-refractivity contribution in [2.45, 2.75) is 13.1 Å². The number of nitrogens with zero attached hydrogens (tertiary/aromatic N) is 1. The van der Waals surface area contributed by atoms with Gasteiger partial charge in [0, 0.05) is 6.54 Å². The molecule has 6 nitrogen and oxygen atoms in total. The van der Waals surface area contributed by atoms with E-state index in [1.165, 1.54) is 0 Å². The van der Waals surface area contributed by atoms with Gasteiger partial charge in [-0.05, 0) is 42.9 Å². The highest BCUT2D eigenvalue weighted by molar-refractivity contribution is 6.42. The predicted molar refractivity (Wildman–Crippen MR) is 118 cm³/mol. The number of halogens is 2. The monoisotopic (exact) mass is 445 g/mol. The molecule has 2 aromatic carbocycles. The molecule has 0 saturated carbocycles. The van der Waals surface area contributed by atoms with E-state index in [0.717, 1.165) is 5.56 Å². The van der Waals surface area contributed by atoms with Crippen LogP contribution in [0.4, 0.5) is 5.69 Å². The molecule has 8 heteroatoms. The molecule has 2 amide bonds. The number of carbonyl (C=O) groups excluding carboxylic acids is 2. The fourth-order valence-corrected chi connectivity index (χ4v) is 3.30. The van der Waals surface area contributed by atoms with E-state index in [2.05, 4.69) is 10.6 Å². The first-order valence-electron chi connectivity index (χ1n) is 9.25. The summed E-state index contributed by atoms with van der Waals surface area (Å²) in [6.07, 6.45) is 1.54. The van der Waals surface area contributed by atoms with Crippen molar-refractivity contribution >= 4 is 40.7 Å². The average Bonchev–Trinajstić information content (AvgIpc) is 3.23. The first-order chi connectivity index (χ1) is 14.4. The third-order valence-electron chi connectivity index (χ3n) is 4.33. The number of anilines is 1. The molecule has 0 aliphatic carbocycles. The molecule has 0 spiro atoms. The van der Waals surface area contributed by atoms with Crippen LogP contribution in [0.15, 0.2) is 65.3 Å². The summed E-state index contributed by atoms with van der Waals surface area (Å²) in [6, 6.07) is 15.8. The predicted octanol–water partition coefficient (Wildman–Crippen LogP) is 4.59. The van der Waals surface area contributed by atoms with Crippen LogP contribution in [-0.4, -0.2) is 30.3 Å². The van der Waals surface area contributed by atoms with Gasteiger partial charge in [-0.1, -0.05) is 47.5 Å². The summed E-state index contributed by atoms with van der Waals surface area (Å²) >= 11 is 12.3. The fraction of sp³-hybridized carbons (Fsp3) is 0.182. The van der Waals surface area contributed by atoms with Crippen molar-refractivity contribution in [1.82, 2.24) is 10.2 Å². The number of furan rings is 1. The number of amides is 2. The maximum absolute atomic E-state index is 12.5. The van der Waals surface area contributed by atoms with Crippen molar-refractivity contribution in [2.75, 3.05) is 18.9 Å². The van der Waals surface area contributed by atoms with Gasteiger partial charge in [0.05, 0.1) is 40.6 Å². The van der Waals surface area contributed by atoms with Crippen LogP contribution in [0.25, 0.3) is 0 Å². The molecule has 0 radical (unpaired) electrons. The molecule has 0 fully saturated rings. The molecule has 30 heavy (non-hydrogen) atoms. The van der Waals surface area contributed by atoms with Gasteiger partial charge in [-0.15, -0.1) is 0 Å². The quantitative estimate of drug-likeness (QED) is 0.531. The minimum absolute atomic E-state index is 0.116. The molecule has 1 aromatic heterocycles. The molecule has 156 valence electrons. The Morgan fingerprint density at radius 3 is 2.60 bits per heavy atom. The second kappa shape index (κ2) is 10.3. The van der Waals surface area contributed by atoms with E-state index in [1.54, 1.807) is 55.8 Å². The van der Waals surface area contributed by atoms with Crippen molar-refractivity contribution in [3.63, 3.8) is 0 Å². The number of rotatable bonds is 8. The van der Waals surface area contributed by atoms with E-state index in [1.807, 2.05) is 17.0 Å². The second-order valence-corrected chi connectivity index (χ2v) is 7.53. The summed E-state index contributed by atoms with van der Waals surface area (Å²) in [5.74, 6) is 0.0921. The molecule has 3 rings (SSSR count). The van der Waals surface area contributed by atoms with E-state index < -0.39 is 0 Å². The highest BCUT2D eigenvalue weighted by Crippen LogP contribution is 2.26. The Morgan fingerprint density at radius 1 is 1.03 bits per heavy atom. The van der Waals surface area contributed by atoms with Gasteiger partial charge in [-0.2, -0.15) is 0 Å². The lowest BCUT2D eigenvalue weighted by Gasteiger charge is -2.18. The molecule has 0 atom stereocenters. The molecule has 0 aliphatic heterocycles. The molecule has 2 N–H and O–H groups in total. The van der Waals surface area contributed by atoms with Gasteiger partial charge in [-0.3, -0.25) is 14.5 Å². The molecule has 3 aromatic rings. The summed E-state index contributed by atoms with van der Waals surface area (Å²) in [5, 5.41) is 6.53. The summed E-state index contributed by atoms with van der Waals surface area (Å²) in [4.78, 5) is 26.9. The molecule has 1 heterocycles. The molecular weight excluding hydrogens is 425 g/mol.